The van der Waals surface area contributed by atoms with Gasteiger partial charge in [-0.15, -0.1) is 0 Å². The number of hydrogen-bond acceptors (Lipinski definition) is 4. The predicted molar refractivity (Wildman–Crippen MR) is 129 cm³/mol. The number of aromatic nitrogens is 2. The Hall–Kier alpha value is -3.57. The minimum atomic E-state index is -4.46. The minimum absolute atomic E-state index is 0.0443. The third-order valence-electron chi connectivity index (χ3n) is 7.78. The molecular weight excluding hydrogens is 503 g/mol. The summed E-state index contributed by atoms with van der Waals surface area (Å²) in [5.74, 6) is -1.45. The molecule has 3 amide bonds. The molecule has 3 aliphatic heterocycles. The van der Waals surface area contributed by atoms with Gasteiger partial charge in [0.1, 0.15) is 0 Å². The molecule has 2 unspecified atom stereocenters. The van der Waals surface area contributed by atoms with Crippen LogP contribution in [0.4, 0.5) is 18.0 Å². The maximum absolute atomic E-state index is 13.5. The number of nitrogens with one attached hydrogen (secondary N) is 1. The summed E-state index contributed by atoms with van der Waals surface area (Å²) in [7, 11) is 0. The van der Waals surface area contributed by atoms with Gasteiger partial charge in [-0.1, -0.05) is 12.1 Å². The molecule has 12 heteroatoms. The molecule has 0 radical (unpaired) electrons. The van der Waals surface area contributed by atoms with Gasteiger partial charge in [-0.05, 0) is 62.3 Å². The average molecular weight is 534 g/mol. The van der Waals surface area contributed by atoms with Crippen LogP contribution in [0.25, 0.3) is 0 Å². The van der Waals surface area contributed by atoms with Crippen molar-refractivity contribution in [3.8, 4) is 0 Å². The standard InChI is InChI=1S/C26H30F3N5O4/c27-26(28,29)18-5-1-4-16(10-18)14-30-25(38)32-8-3-9-33-21(15-32)13-22(31-33)23(35)34-19-6-2-7-20(34)12-17(11-19)24(36)37/h1,4-5,10,13,17,19-20H,2-3,6-9,11-12,14-15H2,(H,30,38)(H,36,37). The first-order chi connectivity index (χ1) is 18.1. The number of benzene rings is 1. The number of rotatable bonds is 4. The van der Waals surface area contributed by atoms with Crippen molar-refractivity contribution in [2.45, 2.75) is 76.4 Å². The molecule has 9 nitrogen and oxygen atoms in total. The van der Waals surface area contributed by atoms with Crippen LogP contribution in [0.15, 0.2) is 30.3 Å². The molecule has 2 atom stereocenters. The lowest BCUT2D eigenvalue weighted by molar-refractivity contribution is -0.145. The summed E-state index contributed by atoms with van der Waals surface area (Å²) < 4.78 is 40.7. The molecule has 5 rings (SSSR count). The lowest BCUT2D eigenvalue weighted by atomic mass is 9.78. The topological polar surface area (TPSA) is 108 Å². The number of carbonyl (C=O) groups excluding carboxylic acids is 2. The normalized spacial score (nSPS) is 23.4. The summed E-state index contributed by atoms with van der Waals surface area (Å²) in [5, 5.41) is 16.7. The number of carboxylic acid groups (broad SMARTS) is 1. The van der Waals surface area contributed by atoms with Gasteiger partial charge in [-0.25, -0.2) is 4.79 Å². The van der Waals surface area contributed by atoms with Crippen molar-refractivity contribution in [1.29, 1.82) is 0 Å². The lowest BCUT2D eigenvalue weighted by Gasteiger charge is -2.47. The van der Waals surface area contributed by atoms with E-state index in [-0.39, 0.29) is 36.8 Å². The van der Waals surface area contributed by atoms with Crippen LogP contribution in [0.5, 0.6) is 0 Å². The molecule has 0 saturated carbocycles. The number of fused-ring (bicyclic) bond motifs is 3. The molecule has 4 heterocycles. The number of halogens is 3. The van der Waals surface area contributed by atoms with Crippen LogP contribution in [0.2, 0.25) is 0 Å². The van der Waals surface area contributed by atoms with E-state index < -0.39 is 29.7 Å². The van der Waals surface area contributed by atoms with E-state index in [1.165, 1.54) is 12.1 Å². The van der Waals surface area contributed by atoms with E-state index in [9.17, 15) is 32.7 Å². The Morgan fingerprint density at radius 1 is 1.05 bits per heavy atom. The first kappa shape index (κ1) is 26.1. The fourth-order valence-corrected chi connectivity index (χ4v) is 5.93. The Kier molecular flexibility index (Phi) is 7.06. The lowest BCUT2D eigenvalue weighted by Crippen LogP contribution is -2.55. The summed E-state index contributed by atoms with van der Waals surface area (Å²) in [6.45, 7) is 1.13. The smallest absolute Gasteiger partial charge is 0.416 e. The molecule has 2 bridgehead atoms. The highest BCUT2D eigenvalue weighted by atomic mass is 19.4. The van der Waals surface area contributed by atoms with Gasteiger partial charge in [0, 0.05) is 31.7 Å². The molecule has 2 aromatic rings. The number of hydrogen-bond donors (Lipinski definition) is 2. The van der Waals surface area contributed by atoms with Crippen LogP contribution in [0, 0.1) is 5.92 Å². The second-order valence-corrected chi connectivity index (χ2v) is 10.3. The van der Waals surface area contributed by atoms with Crippen LogP contribution >= 0.6 is 0 Å². The molecule has 0 spiro atoms. The molecule has 204 valence electrons. The number of aryl methyl sites for hydroxylation is 1. The van der Waals surface area contributed by atoms with Crippen LogP contribution in [-0.4, -0.2) is 61.2 Å². The Labute approximate surface area is 217 Å². The highest BCUT2D eigenvalue weighted by molar-refractivity contribution is 5.93. The van der Waals surface area contributed by atoms with Crippen LogP contribution in [-0.2, 0) is 30.6 Å². The largest absolute Gasteiger partial charge is 0.481 e. The number of urea groups is 1. The first-order valence-electron chi connectivity index (χ1n) is 12.9. The van der Waals surface area contributed by atoms with Crippen LogP contribution in [0.1, 0.15) is 65.8 Å². The minimum Gasteiger partial charge on any atom is -0.481 e. The summed E-state index contributed by atoms with van der Waals surface area (Å²) >= 11 is 0. The number of carbonyl (C=O) groups is 3. The van der Waals surface area contributed by atoms with Gasteiger partial charge >= 0.3 is 18.2 Å². The van der Waals surface area contributed by atoms with Crippen molar-refractivity contribution in [3.05, 3.63) is 52.8 Å². The van der Waals surface area contributed by atoms with Crippen LogP contribution < -0.4 is 5.32 Å². The third kappa shape index (κ3) is 5.34. The number of amides is 3. The summed E-state index contributed by atoms with van der Waals surface area (Å²) in [5.41, 5.74) is 0.567. The molecule has 2 saturated heterocycles. The van der Waals surface area contributed by atoms with Crippen molar-refractivity contribution in [2.24, 2.45) is 5.92 Å². The number of aliphatic carboxylic acids is 1. The molecular formula is C26H30F3N5O4. The average Bonchev–Trinajstić information content (AvgIpc) is 3.16. The maximum Gasteiger partial charge on any atom is 0.416 e. The quantitative estimate of drug-likeness (QED) is 0.621. The van der Waals surface area contributed by atoms with E-state index in [1.54, 1.807) is 15.6 Å². The third-order valence-corrected chi connectivity index (χ3v) is 7.78. The molecule has 2 N–H and O–H groups in total. The van der Waals surface area contributed by atoms with Crippen molar-refractivity contribution >= 4 is 17.9 Å². The summed E-state index contributed by atoms with van der Waals surface area (Å²) in [6.07, 6.45) is -0.428. The summed E-state index contributed by atoms with van der Waals surface area (Å²) in [4.78, 5) is 41.3. The Bertz CT molecular complexity index is 1220. The first-order valence-corrected chi connectivity index (χ1v) is 12.9. The van der Waals surface area contributed by atoms with E-state index >= 15 is 0 Å². The number of nitrogens with zero attached hydrogens (tertiary/aromatic N) is 4. The summed E-state index contributed by atoms with van der Waals surface area (Å²) in [6, 6.07) is 5.90. The Morgan fingerprint density at radius 3 is 2.47 bits per heavy atom. The fourth-order valence-electron chi connectivity index (χ4n) is 5.93. The molecule has 38 heavy (non-hydrogen) atoms. The van der Waals surface area contributed by atoms with Gasteiger partial charge in [0.25, 0.3) is 5.91 Å². The second kappa shape index (κ2) is 10.3. The van der Waals surface area contributed by atoms with Gasteiger partial charge in [0.15, 0.2) is 5.69 Å². The van der Waals surface area contributed by atoms with E-state index in [2.05, 4.69) is 10.4 Å². The molecule has 3 aliphatic rings. The van der Waals surface area contributed by atoms with Gasteiger partial charge < -0.3 is 20.2 Å². The molecule has 1 aromatic heterocycles. The maximum atomic E-state index is 13.5. The SMILES string of the molecule is O=C(O)C1CC2CCCC(C1)N2C(=O)c1cc2n(n1)CCCN(C(=O)NCc1cccc(C(F)(F)F)c1)C2. The number of piperidine rings is 2. The Balaban J connectivity index is 1.25. The number of alkyl halides is 3. The highest BCUT2D eigenvalue weighted by Crippen LogP contribution is 2.38. The molecule has 0 aliphatic carbocycles. The fraction of sp³-hybridized carbons (Fsp3) is 0.538. The predicted octanol–water partition coefficient (Wildman–Crippen LogP) is 3.88. The monoisotopic (exact) mass is 533 g/mol. The van der Waals surface area contributed by atoms with Crippen molar-refractivity contribution in [3.63, 3.8) is 0 Å². The van der Waals surface area contributed by atoms with E-state index in [1.807, 2.05) is 4.90 Å². The molecule has 2 fully saturated rings. The molecule has 1 aromatic carbocycles. The highest BCUT2D eigenvalue weighted by Gasteiger charge is 2.44. The van der Waals surface area contributed by atoms with Gasteiger partial charge in [-0.2, -0.15) is 18.3 Å². The zero-order chi connectivity index (χ0) is 27.0. The van der Waals surface area contributed by atoms with Crippen LogP contribution in [0.3, 0.4) is 0 Å². The van der Waals surface area contributed by atoms with Crippen molar-refractivity contribution in [1.82, 2.24) is 24.9 Å². The van der Waals surface area contributed by atoms with E-state index in [4.69, 9.17) is 0 Å². The van der Waals surface area contributed by atoms with Gasteiger partial charge in [0.05, 0.1) is 23.7 Å². The van der Waals surface area contributed by atoms with Gasteiger partial charge in [-0.3, -0.25) is 14.3 Å². The van der Waals surface area contributed by atoms with E-state index in [0.29, 0.717) is 43.6 Å². The second-order valence-electron chi connectivity index (χ2n) is 10.3. The van der Waals surface area contributed by atoms with E-state index in [0.717, 1.165) is 31.4 Å². The zero-order valence-electron chi connectivity index (χ0n) is 20.8. The van der Waals surface area contributed by atoms with Crippen molar-refractivity contribution in [2.75, 3.05) is 6.54 Å². The zero-order valence-corrected chi connectivity index (χ0v) is 20.8. The Morgan fingerprint density at radius 2 is 1.79 bits per heavy atom. The van der Waals surface area contributed by atoms with Crippen molar-refractivity contribution < 1.29 is 32.7 Å². The van der Waals surface area contributed by atoms with Gasteiger partial charge in [0.2, 0.25) is 0 Å². The number of carboxylic acids is 1.